The average molecular weight is 278 g/mol. The number of carbonyl (C=O) groups excluding carboxylic acids is 1. The van der Waals surface area contributed by atoms with Crippen LogP contribution in [0.1, 0.15) is 13.3 Å². The second-order valence-electron chi connectivity index (χ2n) is 4.97. The number of hydrogen-bond donors (Lipinski definition) is 2. The van der Waals surface area contributed by atoms with Crippen molar-refractivity contribution in [2.45, 2.75) is 19.9 Å². The zero-order valence-electron chi connectivity index (χ0n) is 11.9. The number of hydrogen-bond acceptors (Lipinski definition) is 4. The first-order valence-electron chi connectivity index (χ1n) is 7.12. The number of aromatic nitrogens is 1. The summed E-state index contributed by atoms with van der Waals surface area (Å²) in [7, 11) is 0. The first kappa shape index (κ1) is 14.7. The molecule has 0 bridgehead atoms. The van der Waals surface area contributed by atoms with Gasteiger partial charge in [0.1, 0.15) is 0 Å². The third-order valence-electron chi connectivity index (χ3n) is 3.41. The van der Waals surface area contributed by atoms with Gasteiger partial charge in [-0.3, -0.25) is 14.5 Å². The molecule has 2 heterocycles. The molecule has 1 aliphatic heterocycles. The first-order chi connectivity index (χ1) is 9.69. The van der Waals surface area contributed by atoms with Crippen molar-refractivity contribution < 1.29 is 4.79 Å². The van der Waals surface area contributed by atoms with Gasteiger partial charge in [0, 0.05) is 31.9 Å². The molecule has 1 amide bonds. The van der Waals surface area contributed by atoms with Crippen molar-refractivity contribution in [2.24, 2.45) is 0 Å². The van der Waals surface area contributed by atoms with E-state index >= 15 is 0 Å². The largest absolute Gasteiger partial charge is 0.324 e. The summed E-state index contributed by atoms with van der Waals surface area (Å²) >= 11 is 0. The molecule has 1 fully saturated rings. The van der Waals surface area contributed by atoms with Crippen LogP contribution in [0.3, 0.4) is 0 Å². The molecule has 0 saturated carbocycles. The smallest absolute Gasteiger partial charge is 0.250 e. The van der Waals surface area contributed by atoms with Crippen LogP contribution in [-0.2, 0) is 11.3 Å². The van der Waals surface area contributed by atoms with E-state index in [4.69, 9.17) is 0 Å². The van der Waals surface area contributed by atoms with Crippen LogP contribution >= 0.6 is 0 Å². The molecule has 6 heteroatoms. The summed E-state index contributed by atoms with van der Waals surface area (Å²) in [5.41, 5.74) is 0.619. The monoisotopic (exact) mass is 278 g/mol. The number of pyridine rings is 1. The summed E-state index contributed by atoms with van der Waals surface area (Å²) in [5.74, 6) is -0.0341. The van der Waals surface area contributed by atoms with E-state index in [1.165, 1.54) is 6.07 Å². The van der Waals surface area contributed by atoms with Crippen LogP contribution in [0.2, 0.25) is 0 Å². The molecule has 2 rings (SSSR count). The molecule has 110 valence electrons. The fourth-order valence-electron chi connectivity index (χ4n) is 2.32. The molecule has 0 atom stereocenters. The summed E-state index contributed by atoms with van der Waals surface area (Å²) in [6.45, 7) is 6.66. The Balaban J connectivity index is 1.92. The van der Waals surface area contributed by atoms with Gasteiger partial charge < -0.3 is 15.2 Å². The van der Waals surface area contributed by atoms with Crippen molar-refractivity contribution >= 4 is 11.6 Å². The number of rotatable bonds is 4. The van der Waals surface area contributed by atoms with Gasteiger partial charge in [-0.2, -0.15) is 0 Å². The van der Waals surface area contributed by atoms with Gasteiger partial charge in [0.2, 0.25) is 5.91 Å². The van der Waals surface area contributed by atoms with Crippen molar-refractivity contribution in [3.63, 3.8) is 0 Å². The fraction of sp³-hybridized carbons (Fsp3) is 0.571. The van der Waals surface area contributed by atoms with Crippen LogP contribution in [0.15, 0.2) is 23.1 Å². The molecule has 1 aliphatic rings. The van der Waals surface area contributed by atoms with Gasteiger partial charge in [-0.1, -0.05) is 0 Å². The number of carbonyl (C=O) groups is 1. The lowest BCUT2D eigenvalue weighted by atomic mass is 10.3. The summed E-state index contributed by atoms with van der Waals surface area (Å²) in [6, 6.07) is 3.13. The minimum absolute atomic E-state index is 0.0341. The number of nitrogens with zero attached hydrogens (tertiary/aromatic N) is 2. The number of amides is 1. The number of anilines is 1. The predicted molar refractivity (Wildman–Crippen MR) is 78.9 cm³/mol. The van der Waals surface area contributed by atoms with Crippen LogP contribution in [-0.4, -0.2) is 48.1 Å². The standard InChI is InChI=1S/C14H22N4O2/c1-2-18-10-12(4-5-14(18)20)16-13(19)11-17-8-3-6-15-7-9-17/h4-5,10,15H,2-3,6-9,11H2,1H3,(H,16,19). The van der Waals surface area contributed by atoms with Crippen molar-refractivity contribution in [1.29, 1.82) is 0 Å². The molecule has 6 nitrogen and oxygen atoms in total. The molecule has 0 unspecified atom stereocenters. The maximum atomic E-state index is 12.0. The number of nitrogens with one attached hydrogen (secondary N) is 2. The Morgan fingerprint density at radius 2 is 2.20 bits per heavy atom. The summed E-state index contributed by atoms with van der Waals surface area (Å²) in [5, 5.41) is 6.16. The second kappa shape index (κ2) is 7.21. The van der Waals surface area contributed by atoms with E-state index in [1.807, 2.05) is 6.92 Å². The quantitative estimate of drug-likeness (QED) is 0.820. The Morgan fingerprint density at radius 3 is 3.00 bits per heavy atom. The Morgan fingerprint density at radius 1 is 1.35 bits per heavy atom. The topological polar surface area (TPSA) is 66.4 Å². The zero-order valence-corrected chi connectivity index (χ0v) is 11.9. The average Bonchev–Trinajstić information content (AvgIpc) is 2.69. The lowest BCUT2D eigenvalue weighted by Crippen LogP contribution is -2.35. The molecule has 0 spiro atoms. The van der Waals surface area contributed by atoms with Crippen LogP contribution in [0.25, 0.3) is 0 Å². The predicted octanol–water partition coefficient (Wildman–Crippen LogP) is 0.102. The van der Waals surface area contributed by atoms with Crippen LogP contribution < -0.4 is 16.2 Å². The molecule has 1 saturated heterocycles. The molecule has 0 radical (unpaired) electrons. The molecule has 1 aromatic heterocycles. The highest BCUT2D eigenvalue weighted by Crippen LogP contribution is 2.04. The van der Waals surface area contributed by atoms with Crippen molar-refractivity contribution in [3.8, 4) is 0 Å². The van der Waals surface area contributed by atoms with Crippen molar-refractivity contribution in [2.75, 3.05) is 38.0 Å². The van der Waals surface area contributed by atoms with E-state index in [-0.39, 0.29) is 11.5 Å². The molecule has 0 aromatic carbocycles. The van der Waals surface area contributed by atoms with Gasteiger partial charge in [-0.25, -0.2) is 0 Å². The van der Waals surface area contributed by atoms with E-state index < -0.39 is 0 Å². The SMILES string of the molecule is CCn1cc(NC(=O)CN2CCCNCC2)ccc1=O. The van der Waals surface area contributed by atoms with Crippen molar-refractivity contribution in [3.05, 3.63) is 28.7 Å². The van der Waals surface area contributed by atoms with E-state index in [0.29, 0.717) is 18.8 Å². The summed E-state index contributed by atoms with van der Waals surface area (Å²) < 4.78 is 1.57. The first-order valence-corrected chi connectivity index (χ1v) is 7.12. The van der Waals surface area contributed by atoms with Gasteiger partial charge in [0.15, 0.2) is 0 Å². The second-order valence-corrected chi connectivity index (χ2v) is 4.97. The third kappa shape index (κ3) is 4.18. The minimum atomic E-state index is -0.0518. The lowest BCUT2D eigenvalue weighted by Gasteiger charge is -2.18. The Labute approximate surface area is 118 Å². The lowest BCUT2D eigenvalue weighted by molar-refractivity contribution is -0.117. The summed E-state index contributed by atoms with van der Waals surface area (Å²) in [4.78, 5) is 25.6. The van der Waals surface area contributed by atoms with Gasteiger partial charge in [-0.15, -0.1) is 0 Å². The molecule has 1 aromatic rings. The van der Waals surface area contributed by atoms with Gasteiger partial charge in [0.05, 0.1) is 12.2 Å². The zero-order chi connectivity index (χ0) is 14.4. The maximum Gasteiger partial charge on any atom is 0.250 e. The Bertz CT molecular complexity index is 504. The van der Waals surface area contributed by atoms with E-state index in [9.17, 15) is 9.59 Å². The summed E-state index contributed by atoms with van der Waals surface area (Å²) in [6.07, 6.45) is 2.75. The van der Waals surface area contributed by atoms with Crippen LogP contribution in [0.5, 0.6) is 0 Å². The minimum Gasteiger partial charge on any atom is -0.324 e. The van der Waals surface area contributed by atoms with E-state index in [2.05, 4.69) is 15.5 Å². The van der Waals surface area contributed by atoms with Gasteiger partial charge in [-0.05, 0) is 32.5 Å². The molecule has 0 aliphatic carbocycles. The van der Waals surface area contributed by atoms with Gasteiger partial charge in [0.25, 0.3) is 5.56 Å². The number of aryl methyl sites for hydroxylation is 1. The van der Waals surface area contributed by atoms with Crippen molar-refractivity contribution in [1.82, 2.24) is 14.8 Å². The van der Waals surface area contributed by atoms with E-state index in [0.717, 1.165) is 32.6 Å². The molecular formula is C14H22N4O2. The normalized spacial score (nSPS) is 16.6. The Kier molecular flexibility index (Phi) is 5.31. The maximum absolute atomic E-state index is 12.0. The Hall–Kier alpha value is -1.66. The van der Waals surface area contributed by atoms with Gasteiger partial charge >= 0.3 is 0 Å². The highest BCUT2D eigenvalue weighted by Gasteiger charge is 2.12. The van der Waals surface area contributed by atoms with Crippen LogP contribution in [0, 0.1) is 0 Å². The highest BCUT2D eigenvalue weighted by atomic mass is 16.2. The molecule has 2 N–H and O–H groups in total. The molecule has 20 heavy (non-hydrogen) atoms. The molecular weight excluding hydrogens is 256 g/mol. The third-order valence-corrected chi connectivity index (χ3v) is 3.41. The van der Waals surface area contributed by atoms with E-state index in [1.54, 1.807) is 16.8 Å². The fourth-order valence-corrected chi connectivity index (χ4v) is 2.32. The highest BCUT2D eigenvalue weighted by molar-refractivity contribution is 5.92. The van der Waals surface area contributed by atoms with Crippen LogP contribution in [0.4, 0.5) is 5.69 Å².